The Morgan fingerprint density at radius 2 is 2.14 bits per heavy atom. The number of esters is 1. The molecule has 0 amide bonds. The van der Waals surface area contributed by atoms with Crippen molar-refractivity contribution in [3.05, 3.63) is 29.3 Å². The predicted octanol–water partition coefficient (Wildman–Crippen LogP) is 1.23. The van der Waals surface area contributed by atoms with Crippen LogP contribution in [0.5, 0.6) is 0 Å². The lowest BCUT2D eigenvalue weighted by molar-refractivity contribution is 0.0600. The maximum Gasteiger partial charge on any atom is 0.338 e. The van der Waals surface area contributed by atoms with Gasteiger partial charge in [0.1, 0.15) is 0 Å². The fraction of sp³-hybridized carbons (Fsp3) is 0.500. The molecule has 0 radical (unpaired) electrons. The Labute approximate surface area is 137 Å². The number of carbonyl (C=O) groups excluding carboxylic acids is 1. The number of benzene rings is 1. The van der Waals surface area contributed by atoms with Gasteiger partial charge in [0, 0.05) is 12.6 Å². The number of hydrogen-bond donors (Lipinski definition) is 2. The summed E-state index contributed by atoms with van der Waals surface area (Å²) in [7, 11) is -2.28. The molecule has 2 N–H and O–H groups in total. The van der Waals surface area contributed by atoms with Gasteiger partial charge in [-0.15, -0.1) is 12.4 Å². The number of methoxy groups -OCH3 is 1. The summed E-state index contributed by atoms with van der Waals surface area (Å²) in [5.41, 5.74) is 0.947. The van der Waals surface area contributed by atoms with E-state index in [0.29, 0.717) is 17.7 Å². The summed E-state index contributed by atoms with van der Waals surface area (Å²) in [4.78, 5) is 11.7. The summed E-state index contributed by atoms with van der Waals surface area (Å²) >= 11 is 0. The lowest BCUT2D eigenvalue weighted by Gasteiger charge is -2.23. The number of nitrogens with one attached hydrogen (secondary N) is 2. The van der Waals surface area contributed by atoms with Gasteiger partial charge in [-0.2, -0.15) is 0 Å². The Morgan fingerprint density at radius 1 is 1.41 bits per heavy atom. The first-order valence-corrected chi connectivity index (χ1v) is 8.34. The van der Waals surface area contributed by atoms with Gasteiger partial charge in [-0.1, -0.05) is 0 Å². The van der Waals surface area contributed by atoms with Crippen molar-refractivity contribution < 1.29 is 17.9 Å². The third-order valence-electron chi connectivity index (χ3n) is 3.53. The van der Waals surface area contributed by atoms with Crippen LogP contribution in [0.15, 0.2) is 23.1 Å². The van der Waals surface area contributed by atoms with E-state index in [1.807, 2.05) is 0 Å². The maximum absolute atomic E-state index is 12.3. The molecule has 1 aliphatic rings. The molecule has 1 saturated heterocycles. The first-order valence-electron chi connectivity index (χ1n) is 6.86. The molecule has 2 rings (SSSR count). The molecule has 1 aromatic carbocycles. The van der Waals surface area contributed by atoms with Gasteiger partial charge < -0.3 is 10.1 Å². The lowest BCUT2D eigenvalue weighted by atomic mass is 10.1. The second-order valence-electron chi connectivity index (χ2n) is 5.13. The van der Waals surface area contributed by atoms with Crippen molar-refractivity contribution >= 4 is 28.4 Å². The third-order valence-corrected chi connectivity index (χ3v) is 5.05. The number of halogens is 1. The minimum atomic E-state index is -3.57. The van der Waals surface area contributed by atoms with E-state index in [9.17, 15) is 13.2 Å². The molecule has 0 aliphatic carbocycles. The van der Waals surface area contributed by atoms with Gasteiger partial charge in [-0.05, 0) is 50.1 Å². The molecule has 0 spiro atoms. The number of sulfonamides is 1. The Bertz CT molecular complexity index is 628. The van der Waals surface area contributed by atoms with E-state index >= 15 is 0 Å². The highest BCUT2D eigenvalue weighted by atomic mass is 35.5. The maximum atomic E-state index is 12.3. The van der Waals surface area contributed by atoms with Gasteiger partial charge in [-0.3, -0.25) is 0 Å². The van der Waals surface area contributed by atoms with Gasteiger partial charge >= 0.3 is 5.97 Å². The van der Waals surface area contributed by atoms with Gasteiger partial charge in [0.25, 0.3) is 0 Å². The molecule has 1 unspecified atom stereocenters. The molecule has 1 aromatic rings. The molecule has 0 saturated carbocycles. The normalized spacial score (nSPS) is 18.4. The van der Waals surface area contributed by atoms with Crippen molar-refractivity contribution in [2.75, 3.05) is 20.2 Å². The highest BCUT2D eigenvalue weighted by Gasteiger charge is 2.22. The average molecular weight is 349 g/mol. The molecule has 8 heteroatoms. The summed E-state index contributed by atoms with van der Waals surface area (Å²) < 4.78 is 32.0. The van der Waals surface area contributed by atoms with Gasteiger partial charge in [0.05, 0.1) is 17.6 Å². The molecule has 0 aromatic heterocycles. The zero-order valence-electron chi connectivity index (χ0n) is 12.6. The predicted molar refractivity (Wildman–Crippen MR) is 86.0 cm³/mol. The second-order valence-corrected chi connectivity index (χ2v) is 6.85. The molecule has 1 aliphatic heterocycles. The number of hydrogen-bond acceptors (Lipinski definition) is 5. The van der Waals surface area contributed by atoms with Crippen LogP contribution in [0.3, 0.4) is 0 Å². The fourth-order valence-corrected chi connectivity index (χ4v) is 3.74. The molecule has 22 heavy (non-hydrogen) atoms. The van der Waals surface area contributed by atoms with Crippen molar-refractivity contribution in [1.82, 2.24) is 10.0 Å². The number of piperidine rings is 1. The van der Waals surface area contributed by atoms with Crippen LogP contribution in [0.25, 0.3) is 0 Å². The fourth-order valence-electron chi connectivity index (χ4n) is 2.38. The first-order chi connectivity index (χ1) is 9.94. The van der Waals surface area contributed by atoms with E-state index in [1.165, 1.54) is 25.3 Å². The van der Waals surface area contributed by atoms with Crippen LogP contribution >= 0.6 is 12.4 Å². The summed E-state index contributed by atoms with van der Waals surface area (Å²) in [6.07, 6.45) is 1.78. The molecule has 0 bridgehead atoms. The molecule has 6 nitrogen and oxygen atoms in total. The van der Waals surface area contributed by atoms with E-state index in [1.54, 1.807) is 6.92 Å². The van der Waals surface area contributed by atoms with Gasteiger partial charge in [0.15, 0.2) is 0 Å². The second kappa shape index (κ2) is 7.92. The van der Waals surface area contributed by atoms with E-state index in [0.717, 1.165) is 19.4 Å². The largest absolute Gasteiger partial charge is 0.465 e. The SMILES string of the molecule is COC(=O)c1ccc(S(=O)(=O)NC2CCCNC2)cc1C.Cl. The summed E-state index contributed by atoms with van der Waals surface area (Å²) in [5, 5.41) is 3.16. The first kappa shape index (κ1) is 18.9. The number of aryl methyl sites for hydroxylation is 1. The van der Waals surface area contributed by atoms with Gasteiger partial charge in [-0.25, -0.2) is 17.9 Å². The zero-order valence-corrected chi connectivity index (χ0v) is 14.2. The highest BCUT2D eigenvalue weighted by Crippen LogP contribution is 2.17. The Morgan fingerprint density at radius 3 is 2.68 bits per heavy atom. The van der Waals surface area contributed by atoms with Crippen LogP contribution in [0, 0.1) is 6.92 Å². The Balaban J connectivity index is 0.00000242. The van der Waals surface area contributed by atoms with Crippen LogP contribution in [0.1, 0.15) is 28.8 Å². The van der Waals surface area contributed by atoms with Crippen molar-refractivity contribution in [1.29, 1.82) is 0 Å². The molecule has 1 heterocycles. The van der Waals surface area contributed by atoms with E-state index in [-0.39, 0.29) is 23.3 Å². The zero-order chi connectivity index (χ0) is 15.5. The number of ether oxygens (including phenoxy) is 1. The lowest BCUT2D eigenvalue weighted by Crippen LogP contribution is -2.45. The highest BCUT2D eigenvalue weighted by molar-refractivity contribution is 7.89. The minimum absolute atomic E-state index is 0. The van der Waals surface area contributed by atoms with Crippen LogP contribution < -0.4 is 10.0 Å². The van der Waals surface area contributed by atoms with Crippen molar-refractivity contribution in [3.8, 4) is 0 Å². The molecule has 1 atom stereocenters. The topological polar surface area (TPSA) is 84.5 Å². The minimum Gasteiger partial charge on any atom is -0.465 e. The smallest absolute Gasteiger partial charge is 0.338 e. The van der Waals surface area contributed by atoms with Crippen molar-refractivity contribution in [3.63, 3.8) is 0 Å². The van der Waals surface area contributed by atoms with E-state index in [2.05, 4.69) is 14.8 Å². The molecular weight excluding hydrogens is 328 g/mol. The summed E-state index contributed by atoms with van der Waals surface area (Å²) in [6.45, 7) is 3.25. The van der Waals surface area contributed by atoms with Crippen LogP contribution in [0.4, 0.5) is 0 Å². The van der Waals surface area contributed by atoms with Gasteiger partial charge in [0.2, 0.25) is 10.0 Å². The molecular formula is C14H21ClN2O4S. The third kappa shape index (κ3) is 4.42. The molecule has 1 fully saturated rings. The van der Waals surface area contributed by atoms with Crippen LogP contribution in [-0.2, 0) is 14.8 Å². The number of carbonyl (C=O) groups is 1. The van der Waals surface area contributed by atoms with E-state index in [4.69, 9.17) is 0 Å². The van der Waals surface area contributed by atoms with Crippen LogP contribution in [0.2, 0.25) is 0 Å². The Kier molecular flexibility index (Phi) is 6.80. The van der Waals surface area contributed by atoms with E-state index < -0.39 is 16.0 Å². The average Bonchev–Trinajstić information content (AvgIpc) is 2.47. The quantitative estimate of drug-likeness (QED) is 0.799. The monoisotopic (exact) mass is 348 g/mol. The Hall–Kier alpha value is -1.15. The number of rotatable bonds is 4. The standard InChI is InChI=1S/C14H20N2O4S.ClH/c1-10-8-12(5-6-13(10)14(17)20-2)21(18,19)16-11-4-3-7-15-9-11;/h5-6,8,11,15-16H,3-4,7,9H2,1-2H3;1H. The van der Waals surface area contributed by atoms with Crippen molar-refractivity contribution in [2.24, 2.45) is 0 Å². The van der Waals surface area contributed by atoms with Crippen LogP contribution in [-0.4, -0.2) is 40.6 Å². The molecule has 124 valence electrons. The van der Waals surface area contributed by atoms with Crippen molar-refractivity contribution in [2.45, 2.75) is 30.7 Å². The summed E-state index contributed by atoms with van der Waals surface area (Å²) in [5.74, 6) is -0.471. The summed E-state index contributed by atoms with van der Waals surface area (Å²) in [6, 6.07) is 4.31.